The van der Waals surface area contributed by atoms with Gasteiger partial charge in [-0.25, -0.2) is 5.06 Å². The Morgan fingerprint density at radius 1 is 1.75 bits per heavy atom. The fourth-order valence-electron chi connectivity index (χ4n) is 0.696. The minimum atomic E-state index is -0.442. The molecule has 66 valence electrons. The van der Waals surface area contributed by atoms with E-state index < -0.39 is 5.91 Å². The highest BCUT2D eigenvalue weighted by Crippen LogP contribution is 2.14. The molecule has 1 rings (SSSR count). The van der Waals surface area contributed by atoms with Gasteiger partial charge in [0.1, 0.15) is 12.3 Å². The number of hydroxylamine groups is 2. The zero-order valence-electron chi connectivity index (χ0n) is 6.45. The lowest BCUT2D eigenvalue weighted by Gasteiger charge is -2.09. The van der Waals surface area contributed by atoms with Crippen LogP contribution in [0.2, 0.25) is 5.22 Å². The molecule has 0 bridgehead atoms. The minimum absolute atomic E-state index is 0.0159. The maximum Gasteiger partial charge on any atom is 0.243 e. The smallest absolute Gasteiger partial charge is 0.243 e. The number of carbonyl (C=O) groups is 1. The fraction of sp³-hybridized carbons (Fsp3) is 0.286. The van der Waals surface area contributed by atoms with Crippen molar-refractivity contribution in [2.24, 2.45) is 0 Å². The standard InChI is InChI=1S/C7H8ClNO3/c1-5(10)9(11)4-6-2-3-7(8)12-6/h2-3,11H,4H2,1H3. The quantitative estimate of drug-likeness (QED) is 0.569. The number of furan rings is 1. The van der Waals surface area contributed by atoms with E-state index in [0.29, 0.717) is 10.8 Å². The second-order valence-electron chi connectivity index (χ2n) is 2.28. The van der Waals surface area contributed by atoms with Gasteiger partial charge in [-0.3, -0.25) is 10.0 Å². The number of carbonyl (C=O) groups excluding carboxylic acids is 1. The molecule has 0 saturated carbocycles. The third kappa shape index (κ3) is 2.25. The molecule has 0 aliphatic carbocycles. The van der Waals surface area contributed by atoms with Gasteiger partial charge in [-0.15, -0.1) is 0 Å². The number of nitrogens with zero attached hydrogens (tertiary/aromatic N) is 1. The number of amides is 1. The first kappa shape index (κ1) is 9.09. The summed E-state index contributed by atoms with van der Waals surface area (Å²) in [6, 6.07) is 3.14. The van der Waals surface area contributed by atoms with Gasteiger partial charge in [0, 0.05) is 6.92 Å². The van der Waals surface area contributed by atoms with E-state index in [0.717, 1.165) is 0 Å². The van der Waals surface area contributed by atoms with Gasteiger partial charge in [-0.2, -0.15) is 0 Å². The van der Waals surface area contributed by atoms with E-state index in [1.165, 1.54) is 6.92 Å². The third-order valence-corrected chi connectivity index (χ3v) is 1.50. The van der Waals surface area contributed by atoms with Crippen LogP contribution in [0.4, 0.5) is 0 Å². The molecule has 1 amide bonds. The van der Waals surface area contributed by atoms with Crippen molar-refractivity contribution >= 4 is 17.5 Å². The molecular weight excluding hydrogens is 182 g/mol. The SMILES string of the molecule is CC(=O)N(O)Cc1ccc(Cl)o1. The molecule has 0 atom stereocenters. The van der Waals surface area contributed by atoms with E-state index in [1.54, 1.807) is 12.1 Å². The van der Waals surface area contributed by atoms with Crippen molar-refractivity contribution in [1.29, 1.82) is 0 Å². The molecule has 1 aromatic heterocycles. The van der Waals surface area contributed by atoms with E-state index in [-0.39, 0.29) is 11.8 Å². The summed E-state index contributed by atoms with van der Waals surface area (Å²) in [4.78, 5) is 10.6. The van der Waals surface area contributed by atoms with E-state index in [2.05, 4.69) is 0 Å². The Labute approximate surface area is 74.3 Å². The Balaban J connectivity index is 2.58. The Morgan fingerprint density at radius 3 is 2.83 bits per heavy atom. The van der Waals surface area contributed by atoms with Gasteiger partial charge in [-0.1, -0.05) is 0 Å². The van der Waals surface area contributed by atoms with Gasteiger partial charge in [0.25, 0.3) is 0 Å². The molecule has 0 spiro atoms. The number of halogens is 1. The van der Waals surface area contributed by atoms with Crippen LogP contribution >= 0.6 is 11.6 Å². The van der Waals surface area contributed by atoms with E-state index in [4.69, 9.17) is 21.2 Å². The Hall–Kier alpha value is -1.00. The highest BCUT2D eigenvalue weighted by atomic mass is 35.5. The van der Waals surface area contributed by atoms with E-state index in [1.807, 2.05) is 0 Å². The summed E-state index contributed by atoms with van der Waals surface area (Å²) >= 11 is 5.47. The third-order valence-electron chi connectivity index (χ3n) is 1.30. The van der Waals surface area contributed by atoms with Crippen LogP contribution in [0.3, 0.4) is 0 Å². The summed E-state index contributed by atoms with van der Waals surface area (Å²) in [6.07, 6.45) is 0. The first-order chi connectivity index (χ1) is 5.59. The molecule has 1 heterocycles. The molecule has 1 aromatic rings. The summed E-state index contributed by atoms with van der Waals surface area (Å²) in [5.74, 6) is 0.000206. The number of hydrogen-bond donors (Lipinski definition) is 1. The first-order valence-electron chi connectivity index (χ1n) is 3.31. The lowest BCUT2D eigenvalue weighted by molar-refractivity contribution is -0.166. The van der Waals surface area contributed by atoms with Crippen molar-refractivity contribution in [2.75, 3.05) is 0 Å². The Morgan fingerprint density at radius 2 is 2.42 bits per heavy atom. The van der Waals surface area contributed by atoms with Crippen LogP contribution in [0.1, 0.15) is 12.7 Å². The maximum atomic E-state index is 10.6. The maximum absolute atomic E-state index is 10.6. The first-order valence-corrected chi connectivity index (χ1v) is 3.68. The zero-order valence-corrected chi connectivity index (χ0v) is 7.21. The average Bonchev–Trinajstić information content (AvgIpc) is 2.35. The predicted molar refractivity (Wildman–Crippen MR) is 41.7 cm³/mol. The highest BCUT2D eigenvalue weighted by Gasteiger charge is 2.08. The topological polar surface area (TPSA) is 53.7 Å². The van der Waals surface area contributed by atoms with E-state index >= 15 is 0 Å². The molecule has 1 N–H and O–H groups in total. The van der Waals surface area contributed by atoms with Crippen molar-refractivity contribution < 1.29 is 14.4 Å². The highest BCUT2D eigenvalue weighted by molar-refractivity contribution is 6.28. The summed E-state index contributed by atoms with van der Waals surface area (Å²) in [5.41, 5.74) is 0. The van der Waals surface area contributed by atoms with Gasteiger partial charge in [-0.05, 0) is 23.7 Å². The largest absolute Gasteiger partial charge is 0.448 e. The molecule has 0 radical (unpaired) electrons. The summed E-state index contributed by atoms with van der Waals surface area (Å²) < 4.78 is 4.92. The lowest BCUT2D eigenvalue weighted by atomic mass is 10.4. The van der Waals surface area contributed by atoms with Gasteiger partial charge in [0.2, 0.25) is 5.91 Å². The van der Waals surface area contributed by atoms with Crippen molar-refractivity contribution in [3.05, 3.63) is 23.1 Å². The normalized spacial score (nSPS) is 9.92. The van der Waals surface area contributed by atoms with Gasteiger partial charge in [0.05, 0.1) is 0 Å². The van der Waals surface area contributed by atoms with Crippen LogP contribution in [0, 0.1) is 0 Å². The van der Waals surface area contributed by atoms with Crippen molar-refractivity contribution in [3.8, 4) is 0 Å². The second-order valence-corrected chi connectivity index (χ2v) is 2.66. The fourth-order valence-corrected chi connectivity index (χ4v) is 0.858. The van der Waals surface area contributed by atoms with Crippen molar-refractivity contribution in [2.45, 2.75) is 13.5 Å². The molecule has 0 fully saturated rings. The molecule has 0 unspecified atom stereocenters. The van der Waals surface area contributed by atoms with Gasteiger partial charge >= 0.3 is 0 Å². The molecule has 0 aromatic carbocycles. The predicted octanol–water partition coefficient (Wildman–Crippen LogP) is 1.67. The molecule has 4 nitrogen and oxygen atoms in total. The van der Waals surface area contributed by atoms with Crippen molar-refractivity contribution in [1.82, 2.24) is 5.06 Å². The average molecular weight is 190 g/mol. The molecule has 0 aliphatic heterocycles. The molecule has 5 heteroatoms. The van der Waals surface area contributed by atoms with Crippen LogP contribution < -0.4 is 0 Å². The number of rotatable bonds is 2. The van der Waals surface area contributed by atoms with Crippen LogP contribution in [0.15, 0.2) is 16.5 Å². The van der Waals surface area contributed by atoms with Crippen LogP contribution in [0.5, 0.6) is 0 Å². The second kappa shape index (κ2) is 3.60. The zero-order chi connectivity index (χ0) is 9.14. The van der Waals surface area contributed by atoms with Crippen molar-refractivity contribution in [3.63, 3.8) is 0 Å². The molecule has 0 saturated heterocycles. The summed E-state index contributed by atoms with van der Waals surface area (Å²) in [5, 5.41) is 9.76. The van der Waals surface area contributed by atoms with Crippen LogP contribution in [-0.2, 0) is 11.3 Å². The van der Waals surface area contributed by atoms with Crippen LogP contribution in [0.25, 0.3) is 0 Å². The van der Waals surface area contributed by atoms with Crippen LogP contribution in [-0.4, -0.2) is 16.2 Å². The summed E-state index contributed by atoms with van der Waals surface area (Å²) in [7, 11) is 0. The van der Waals surface area contributed by atoms with E-state index in [9.17, 15) is 4.79 Å². The molecule has 0 aliphatic rings. The Bertz CT molecular complexity index is 284. The van der Waals surface area contributed by atoms with Gasteiger partial charge in [0.15, 0.2) is 5.22 Å². The number of hydrogen-bond acceptors (Lipinski definition) is 3. The summed E-state index contributed by atoms with van der Waals surface area (Å²) in [6.45, 7) is 1.27. The molecular formula is C7H8ClNO3. The van der Waals surface area contributed by atoms with Gasteiger partial charge < -0.3 is 4.42 Å². The molecule has 12 heavy (non-hydrogen) atoms. The monoisotopic (exact) mass is 189 g/mol. The lowest BCUT2D eigenvalue weighted by Crippen LogP contribution is -2.23. The Kier molecular flexibility index (Phi) is 2.73. The minimum Gasteiger partial charge on any atom is -0.448 e.